The van der Waals surface area contributed by atoms with Crippen LogP contribution in [0, 0.1) is 0 Å². The Morgan fingerprint density at radius 3 is 2.79 bits per heavy atom. The van der Waals surface area contributed by atoms with Crippen molar-refractivity contribution in [1.82, 2.24) is 14.5 Å². The number of imidazole rings is 1. The Bertz CT molecular complexity index is 778. The largest absolute Gasteiger partial charge is 0.469 e. The van der Waals surface area contributed by atoms with Gasteiger partial charge in [0.1, 0.15) is 23.8 Å². The van der Waals surface area contributed by atoms with E-state index in [2.05, 4.69) is 19.8 Å². The van der Waals surface area contributed by atoms with Crippen LogP contribution in [0.3, 0.4) is 0 Å². The van der Waals surface area contributed by atoms with Crippen molar-refractivity contribution in [3.8, 4) is 0 Å². The average molecular weight is 360 g/mol. The van der Waals surface area contributed by atoms with Crippen LogP contribution in [0.25, 0.3) is 11.2 Å². The van der Waals surface area contributed by atoms with Crippen molar-refractivity contribution in [2.75, 3.05) is 19.0 Å². The predicted octanol–water partition coefficient (Wildman–Crippen LogP) is -0.799. The number of hydrogen-bond acceptors (Lipinski definition) is 8. The van der Waals surface area contributed by atoms with E-state index in [-0.39, 0.29) is 0 Å². The third-order valence-corrected chi connectivity index (χ3v) is 4.23. The molecule has 24 heavy (non-hydrogen) atoms. The SMILES string of the molecule is CNc1ccnc2c1ncn2[C@@H]1OC(COP(=O)(O)O)[C@@H](O)[C@H]1O. The number of aliphatic hydroxyl groups excluding tert-OH is 2. The lowest BCUT2D eigenvalue weighted by Crippen LogP contribution is -2.33. The van der Waals surface area contributed by atoms with Crippen LogP contribution in [0.5, 0.6) is 0 Å². The van der Waals surface area contributed by atoms with Crippen molar-refractivity contribution >= 4 is 24.7 Å². The van der Waals surface area contributed by atoms with Gasteiger partial charge in [-0.1, -0.05) is 0 Å². The number of fused-ring (bicyclic) bond motifs is 1. The maximum Gasteiger partial charge on any atom is 0.469 e. The second kappa shape index (κ2) is 6.37. The van der Waals surface area contributed by atoms with Crippen molar-refractivity contribution in [1.29, 1.82) is 0 Å². The van der Waals surface area contributed by atoms with E-state index in [1.807, 2.05) is 0 Å². The number of rotatable bonds is 5. The lowest BCUT2D eigenvalue weighted by molar-refractivity contribution is -0.0503. The summed E-state index contributed by atoms with van der Waals surface area (Å²) in [4.78, 5) is 25.9. The molecule has 132 valence electrons. The number of phosphoric ester groups is 1. The summed E-state index contributed by atoms with van der Waals surface area (Å²) in [6.07, 6.45) is -1.89. The summed E-state index contributed by atoms with van der Waals surface area (Å²) in [5, 5.41) is 23.2. The van der Waals surface area contributed by atoms with Crippen molar-refractivity contribution in [3.63, 3.8) is 0 Å². The van der Waals surface area contributed by atoms with E-state index in [1.165, 1.54) is 10.9 Å². The number of nitrogens with zero attached hydrogens (tertiary/aromatic N) is 3. The van der Waals surface area contributed by atoms with Crippen LogP contribution in [0.1, 0.15) is 6.23 Å². The van der Waals surface area contributed by atoms with E-state index in [0.29, 0.717) is 11.2 Å². The number of ether oxygens (including phenoxy) is 1. The Balaban J connectivity index is 1.86. The minimum atomic E-state index is -4.71. The zero-order valence-corrected chi connectivity index (χ0v) is 13.4. The summed E-state index contributed by atoms with van der Waals surface area (Å²) in [5.74, 6) is 0. The predicted molar refractivity (Wildman–Crippen MR) is 81.0 cm³/mol. The molecule has 0 saturated carbocycles. The molecular formula is C12H17N4O7P. The number of anilines is 1. The monoisotopic (exact) mass is 360 g/mol. The fraction of sp³-hybridized carbons (Fsp3) is 0.500. The lowest BCUT2D eigenvalue weighted by Gasteiger charge is -2.16. The minimum absolute atomic E-state index is 0.426. The molecule has 0 amide bonds. The van der Waals surface area contributed by atoms with Gasteiger partial charge in [0, 0.05) is 13.2 Å². The van der Waals surface area contributed by atoms with E-state index in [9.17, 15) is 14.8 Å². The van der Waals surface area contributed by atoms with Gasteiger partial charge in [-0.3, -0.25) is 9.09 Å². The number of hydrogen-bond donors (Lipinski definition) is 5. The third-order valence-electron chi connectivity index (χ3n) is 3.75. The molecule has 3 heterocycles. The molecule has 0 aliphatic carbocycles. The molecule has 4 atom stereocenters. The number of phosphoric acid groups is 1. The lowest BCUT2D eigenvalue weighted by atomic mass is 10.1. The Labute approximate surface area is 136 Å². The van der Waals surface area contributed by atoms with Crippen LogP contribution in [-0.4, -0.2) is 66.5 Å². The molecule has 0 radical (unpaired) electrons. The van der Waals surface area contributed by atoms with E-state index < -0.39 is 39.0 Å². The highest BCUT2D eigenvalue weighted by atomic mass is 31.2. The number of aromatic nitrogens is 3. The first-order valence-corrected chi connectivity index (χ1v) is 8.56. The molecule has 11 nitrogen and oxygen atoms in total. The van der Waals surface area contributed by atoms with Crippen LogP contribution in [-0.2, 0) is 13.8 Å². The van der Waals surface area contributed by atoms with Gasteiger partial charge < -0.3 is 30.1 Å². The normalized spacial score (nSPS) is 27.7. The van der Waals surface area contributed by atoms with Crippen LogP contribution >= 0.6 is 7.82 Å². The van der Waals surface area contributed by atoms with E-state index in [0.717, 1.165) is 5.69 Å². The highest BCUT2D eigenvalue weighted by Gasteiger charge is 2.45. The minimum Gasteiger partial charge on any atom is -0.387 e. The highest BCUT2D eigenvalue weighted by molar-refractivity contribution is 7.46. The third kappa shape index (κ3) is 3.15. The van der Waals surface area contributed by atoms with Crippen LogP contribution in [0.15, 0.2) is 18.6 Å². The van der Waals surface area contributed by atoms with Gasteiger partial charge in [-0.25, -0.2) is 14.5 Å². The first-order chi connectivity index (χ1) is 11.3. The zero-order chi connectivity index (χ0) is 17.5. The molecule has 3 rings (SSSR count). The Kier molecular flexibility index (Phi) is 4.58. The first-order valence-electron chi connectivity index (χ1n) is 7.03. The number of nitrogens with one attached hydrogen (secondary N) is 1. The fourth-order valence-corrected chi connectivity index (χ4v) is 2.93. The molecule has 1 aliphatic rings. The van der Waals surface area contributed by atoms with Crippen molar-refractivity contribution in [3.05, 3.63) is 18.6 Å². The molecule has 0 aromatic carbocycles. The summed E-state index contributed by atoms with van der Waals surface area (Å²) in [7, 11) is -2.98. The van der Waals surface area contributed by atoms with Crippen LogP contribution < -0.4 is 5.32 Å². The Morgan fingerprint density at radius 2 is 2.12 bits per heavy atom. The number of aliphatic hydroxyl groups is 2. The molecule has 5 N–H and O–H groups in total. The second-order valence-electron chi connectivity index (χ2n) is 5.27. The highest BCUT2D eigenvalue weighted by Crippen LogP contribution is 2.38. The van der Waals surface area contributed by atoms with Gasteiger partial charge in [-0.2, -0.15) is 0 Å². The van der Waals surface area contributed by atoms with Gasteiger partial charge in [0.15, 0.2) is 11.9 Å². The summed E-state index contributed by atoms with van der Waals surface area (Å²) >= 11 is 0. The smallest absolute Gasteiger partial charge is 0.387 e. The maximum atomic E-state index is 10.8. The quantitative estimate of drug-likeness (QED) is 0.427. The van der Waals surface area contributed by atoms with Crippen molar-refractivity contribution in [2.24, 2.45) is 0 Å². The van der Waals surface area contributed by atoms with Gasteiger partial charge in [0.05, 0.1) is 18.6 Å². The summed E-state index contributed by atoms with van der Waals surface area (Å²) in [5.41, 5.74) is 1.71. The van der Waals surface area contributed by atoms with Crippen LogP contribution in [0.2, 0.25) is 0 Å². The van der Waals surface area contributed by atoms with Gasteiger partial charge in [-0.15, -0.1) is 0 Å². The van der Waals surface area contributed by atoms with Crippen molar-refractivity contribution in [2.45, 2.75) is 24.5 Å². The molecule has 1 unspecified atom stereocenters. The molecule has 1 fully saturated rings. The topological polar surface area (TPSA) is 159 Å². The van der Waals surface area contributed by atoms with Gasteiger partial charge in [-0.05, 0) is 6.07 Å². The number of pyridine rings is 1. The molecule has 0 bridgehead atoms. The Morgan fingerprint density at radius 1 is 1.38 bits per heavy atom. The van der Waals surface area contributed by atoms with E-state index in [4.69, 9.17) is 14.5 Å². The van der Waals surface area contributed by atoms with Gasteiger partial charge in [0.25, 0.3) is 0 Å². The average Bonchev–Trinajstić information content (AvgIpc) is 3.07. The molecule has 0 spiro atoms. The molecular weight excluding hydrogens is 343 g/mol. The van der Waals surface area contributed by atoms with Crippen molar-refractivity contribution < 1.29 is 33.8 Å². The summed E-state index contributed by atoms with van der Waals surface area (Å²) in [6.45, 7) is -0.569. The molecule has 1 saturated heterocycles. The van der Waals surface area contributed by atoms with Gasteiger partial charge >= 0.3 is 7.82 Å². The van der Waals surface area contributed by atoms with Crippen LogP contribution in [0.4, 0.5) is 5.69 Å². The first kappa shape index (κ1) is 17.2. The standard InChI is InChI=1S/C12H17N4O7P/c1-13-6-2-3-14-11-8(6)15-5-16(11)12-10(18)9(17)7(23-12)4-22-24(19,20)21/h2-3,5,7,9-10,12,17-18H,4H2,1H3,(H,13,14)(H2,19,20,21)/t7?,9-,10-,12-/m1/s1. The summed E-state index contributed by atoms with van der Waals surface area (Å²) in [6, 6.07) is 1.73. The molecule has 12 heteroatoms. The molecule has 2 aromatic rings. The Hall–Kier alpha value is -1.59. The van der Waals surface area contributed by atoms with E-state index in [1.54, 1.807) is 19.3 Å². The molecule has 1 aliphatic heterocycles. The summed E-state index contributed by atoms with van der Waals surface area (Å²) < 4.78 is 22.1. The maximum absolute atomic E-state index is 10.8. The molecule has 2 aromatic heterocycles. The van der Waals surface area contributed by atoms with Gasteiger partial charge in [0.2, 0.25) is 0 Å². The zero-order valence-electron chi connectivity index (χ0n) is 12.6. The fourth-order valence-electron chi connectivity index (χ4n) is 2.59. The van der Waals surface area contributed by atoms with E-state index >= 15 is 0 Å². The second-order valence-corrected chi connectivity index (χ2v) is 6.50.